The predicted octanol–water partition coefficient (Wildman–Crippen LogP) is 23.3. The van der Waals surface area contributed by atoms with Crippen LogP contribution in [0.4, 0.5) is 151 Å². The van der Waals surface area contributed by atoms with Crippen molar-refractivity contribution in [3.8, 4) is 12.1 Å². The van der Waals surface area contributed by atoms with Crippen molar-refractivity contribution in [2.24, 2.45) is 0 Å². The number of rotatable bonds is 18. The largest absolute Gasteiger partial charge is 0.465 e. The van der Waals surface area contributed by atoms with Crippen LogP contribution in [-0.4, -0.2) is 96.5 Å². The first-order chi connectivity index (χ1) is 64.9. The van der Waals surface area contributed by atoms with Crippen molar-refractivity contribution in [3.05, 3.63) is 344 Å². The maximum absolute atomic E-state index is 13.4. The van der Waals surface area contributed by atoms with Gasteiger partial charge >= 0.3 is 72.7 Å². The number of alkyl halides is 15. The molecule has 0 unspecified atom stereocenters. The summed E-state index contributed by atoms with van der Waals surface area (Å²) in [5.74, 6) is -3.92. The molecule has 0 aliphatic rings. The molecule has 0 heterocycles. The number of anilines is 14. The predicted molar refractivity (Wildman–Crippen MR) is 497 cm³/mol. The third-order valence-corrected chi connectivity index (χ3v) is 19.9. The molecule has 12 rings (SSSR count). The molecule has 0 radical (unpaired) electrons. The topological polar surface area (TPSA) is 439 Å². The Hall–Kier alpha value is -16.1. The average molecular weight is 2160 g/mol. The smallest absolute Gasteiger partial charge is 0.416 e. The second-order valence-corrected chi connectivity index (χ2v) is 29.4. The lowest BCUT2D eigenvalue weighted by Gasteiger charge is -2.19. The van der Waals surface area contributed by atoms with E-state index in [1.165, 1.54) is 110 Å². The minimum atomic E-state index is -4.62. The zero-order valence-electron chi connectivity index (χ0n) is 72.3. The van der Waals surface area contributed by atoms with Gasteiger partial charge in [0.15, 0.2) is 0 Å². The van der Waals surface area contributed by atoms with Crippen LogP contribution in [0, 0.1) is 39.9 Å². The molecule has 28 nitrogen and oxygen atoms in total. The van der Waals surface area contributed by atoms with Crippen molar-refractivity contribution in [1.29, 1.82) is 10.5 Å². The minimum absolute atomic E-state index is 0.0161. The number of nitriles is 2. The molecule has 722 valence electrons. The molecule has 0 fully saturated rings. The number of nitrogens with zero attached hydrogens (tertiary/aromatic N) is 3. The van der Waals surface area contributed by atoms with Gasteiger partial charge in [-0.2, -0.15) is 76.4 Å². The number of benzene rings is 12. The van der Waals surface area contributed by atoms with Gasteiger partial charge in [0, 0.05) is 13.2 Å². The minimum Gasteiger partial charge on any atom is -0.465 e. The quantitative estimate of drug-likeness (QED) is 0.00732. The van der Waals surface area contributed by atoms with Crippen molar-refractivity contribution in [1.82, 2.24) is 0 Å². The van der Waals surface area contributed by atoms with Gasteiger partial charge in [0.05, 0.1) is 219 Å². The Balaban J connectivity index is 0.000000254. The Morgan fingerprint density at radius 2 is 0.522 bits per heavy atom. The summed E-state index contributed by atoms with van der Waals surface area (Å²) in [5.41, 5.74) is 21.2. The number of nitrogens with two attached hydrogens (primary N) is 4. The molecule has 0 spiro atoms. The van der Waals surface area contributed by atoms with E-state index in [2.05, 4.69) is 72.9 Å². The molecule has 0 aliphatic heterocycles. The lowest BCUT2D eigenvalue weighted by Crippen LogP contribution is -2.10. The van der Waals surface area contributed by atoms with E-state index in [1.54, 1.807) is 84.9 Å². The van der Waals surface area contributed by atoms with Crippen molar-refractivity contribution in [2.45, 2.75) is 30.9 Å². The lowest BCUT2D eigenvalue weighted by molar-refractivity contribution is -0.383. The second-order valence-electron chi connectivity index (χ2n) is 27.1. The molecule has 0 amide bonds. The summed E-state index contributed by atoms with van der Waals surface area (Å²) in [7, 11) is 8.71. The SMILES string of the molecule is COC(=O)c1cc(C#N)ccc1I.COC(=O)c1ccccc1I.COC(=O)c1ccccc1Nc1cc(C(F)(F)F)ccc1N.COC(=O)c1ccccc1Nc1cc(C(F)(F)F)ccc1N.COC(=O)c1ccccc1Nc1cc(C(F)(F)F)ccc1N.COC(=O)c1ccccc1Nc1cc(C(F)(F)F)ccc1Nc1ccc(C#N)cc1C(=O)OC.Nc1cc(C(F)(F)F)ccc1[N+](=O)[O-]. The van der Waals surface area contributed by atoms with Gasteiger partial charge in [-0.3, -0.25) is 10.1 Å². The number of nitro groups is 1. The van der Waals surface area contributed by atoms with E-state index in [4.69, 9.17) is 42.9 Å². The number of nitrogen functional groups attached to an aromatic ring is 4. The molecule has 12 aromatic carbocycles. The molecule has 12 aromatic rings. The van der Waals surface area contributed by atoms with Crippen LogP contribution < -0.4 is 49.5 Å². The van der Waals surface area contributed by atoms with Crippen LogP contribution in [0.2, 0.25) is 0 Å². The Kier molecular flexibility index (Phi) is 40.3. The molecule has 0 saturated heterocycles. The van der Waals surface area contributed by atoms with Gasteiger partial charge in [-0.15, -0.1) is 0 Å². The summed E-state index contributed by atoms with van der Waals surface area (Å²) in [6.45, 7) is 0. The van der Waals surface area contributed by atoms with Gasteiger partial charge in [-0.25, -0.2) is 33.6 Å². The number of ether oxygens (including phenoxy) is 7. The highest BCUT2D eigenvalue weighted by atomic mass is 127. The zero-order chi connectivity index (χ0) is 103. The summed E-state index contributed by atoms with van der Waals surface area (Å²) in [6.07, 6.45) is -22.6. The summed E-state index contributed by atoms with van der Waals surface area (Å²) in [6, 6.07) is 59.0. The maximum Gasteiger partial charge on any atom is 0.416 e. The fourth-order valence-corrected chi connectivity index (χ4v) is 12.4. The number of esters is 7. The summed E-state index contributed by atoms with van der Waals surface area (Å²) < 4.78 is 226. The van der Waals surface area contributed by atoms with E-state index in [1.807, 2.05) is 52.9 Å². The molecule has 138 heavy (non-hydrogen) atoms. The van der Waals surface area contributed by atoms with E-state index in [-0.39, 0.29) is 96.2 Å². The van der Waals surface area contributed by atoms with Crippen LogP contribution in [0.25, 0.3) is 0 Å². The molecule has 0 aliphatic carbocycles. The van der Waals surface area contributed by atoms with E-state index in [0.29, 0.717) is 45.9 Å². The van der Waals surface area contributed by atoms with Crippen molar-refractivity contribution >= 4 is 172 Å². The molecule has 45 heteroatoms. The van der Waals surface area contributed by atoms with Gasteiger partial charge in [0.2, 0.25) is 0 Å². The number of halogens is 17. The average Bonchev–Trinajstić information content (AvgIpc) is 0.795. The van der Waals surface area contributed by atoms with Gasteiger partial charge in [0.1, 0.15) is 5.69 Å². The molecular weight excluding hydrogens is 2080 g/mol. The Labute approximate surface area is 801 Å². The molecule has 0 atom stereocenters. The standard InChI is InChI=1S/C24H18F3N3O4.3C15H13F3N2O2.C9H6INO2.C8H7IO2.C7H5F3N2O2/c1-33-22(31)16-5-3-4-6-18(16)30-21-12-15(24(25,26)27)8-10-20(21)29-19-9-7-14(13-28)11-17(19)23(32)34-2;3*1-22-14(21)10-4-2-3-5-12(10)20-13-8-9(15(16,17)18)6-7-11(13)19;1-13-9(12)7-4-6(5-11)2-3-8(7)10;1-11-8(10)6-4-2-3-5-7(6)9;8-7(9,10)4-1-2-6(12(13)14)5(11)3-4/h3-12,29-30H,1-2H3;3*2-8,20H,19H2,1H3;2-4H,1H3;2-5H,1H3;1-3H,11H2. The van der Waals surface area contributed by atoms with Crippen molar-refractivity contribution < 1.29 is 137 Å². The molecule has 0 aromatic heterocycles. The number of para-hydroxylation sites is 4. The van der Waals surface area contributed by atoms with Crippen LogP contribution in [0.1, 0.15) is 111 Å². The number of methoxy groups -OCH3 is 7. The number of hydrogen-bond acceptors (Lipinski definition) is 27. The van der Waals surface area contributed by atoms with Gasteiger partial charge in [-0.05, 0) is 227 Å². The lowest BCUT2D eigenvalue weighted by atomic mass is 10.1. The van der Waals surface area contributed by atoms with E-state index in [0.717, 1.165) is 79.9 Å². The number of carbonyl (C=O) groups excluding carboxylic acids is 7. The van der Waals surface area contributed by atoms with Crippen molar-refractivity contribution in [3.63, 3.8) is 0 Å². The molecule has 0 bridgehead atoms. The summed E-state index contributed by atoms with van der Waals surface area (Å²) in [4.78, 5) is 90.9. The first-order valence-corrected chi connectivity index (χ1v) is 40.6. The highest BCUT2D eigenvalue weighted by molar-refractivity contribution is 14.1. The van der Waals surface area contributed by atoms with Crippen LogP contribution >= 0.6 is 45.2 Å². The normalized spacial score (nSPS) is 10.7. The number of carbonyl (C=O) groups is 7. The third kappa shape index (κ3) is 32.1. The Morgan fingerprint density at radius 3 is 0.841 bits per heavy atom. The number of hydrogen-bond donors (Lipinski definition) is 9. The zero-order valence-corrected chi connectivity index (χ0v) is 76.6. The fourth-order valence-electron chi connectivity index (χ4n) is 11.2. The number of nitro benzene ring substituents is 1. The van der Waals surface area contributed by atoms with Crippen LogP contribution in [0.5, 0.6) is 0 Å². The second kappa shape index (κ2) is 50.3. The molecule has 13 N–H and O–H groups in total. The maximum atomic E-state index is 13.4. The first kappa shape index (κ1) is 111. The van der Waals surface area contributed by atoms with Crippen LogP contribution in [0.3, 0.4) is 0 Å². The summed E-state index contributed by atoms with van der Waals surface area (Å²) >= 11 is 4.12. The van der Waals surface area contributed by atoms with Crippen molar-refractivity contribution in [2.75, 3.05) is 99.3 Å². The van der Waals surface area contributed by atoms with E-state index < -0.39 is 111 Å². The monoisotopic (exact) mass is 2150 g/mol. The van der Waals surface area contributed by atoms with E-state index in [9.17, 15) is 110 Å². The van der Waals surface area contributed by atoms with Gasteiger partial charge in [0.25, 0.3) is 5.69 Å². The summed E-state index contributed by atoms with van der Waals surface area (Å²) in [5, 5.41) is 41.9. The highest BCUT2D eigenvalue weighted by Crippen LogP contribution is 2.42. The highest BCUT2D eigenvalue weighted by Gasteiger charge is 2.36. The van der Waals surface area contributed by atoms with Crippen LogP contribution in [-0.2, 0) is 64.0 Å². The molecular formula is C93H75F15I2N12O16. The van der Waals surface area contributed by atoms with E-state index >= 15 is 0 Å². The van der Waals surface area contributed by atoms with Gasteiger partial charge < -0.3 is 82.7 Å². The van der Waals surface area contributed by atoms with Crippen LogP contribution in [0.15, 0.2) is 249 Å². The Bertz CT molecular complexity index is 6210. The third-order valence-electron chi connectivity index (χ3n) is 18.1. The molecule has 0 saturated carbocycles. The first-order valence-electron chi connectivity index (χ1n) is 38.4. The Morgan fingerprint density at radius 1 is 0.283 bits per heavy atom. The number of nitrogens with one attached hydrogen (secondary N) is 5. The van der Waals surface area contributed by atoms with Gasteiger partial charge in [-0.1, -0.05) is 60.7 Å². The fraction of sp³-hybridized carbons (Fsp3) is 0.129.